The highest BCUT2D eigenvalue weighted by Gasteiger charge is 2.20. The Morgan fingerprint density at radius 1 is 1.53 bits per heavy atom. The summed E-state index contributed by atoms with van der Waals surface area (Å²) in [5.74, 6) is 1.86. The minimum Gasteiger partial charge on any atom is -0.463 e. The fourth-order valence-electron chi connectivity index (χ4n) is 1.98. The molecule has 0 bridgehead atoms. The third kappa shape index (κ3) is 2.42. The molecule has 0 aliphatic heterocycles. The van der Waals surface area contributed by atoms with E-state index >= 15 is 0 Å². The van der Waals surface area contributed by atoms with Crippen LogP contribution in [0.1, 0.15) is 24.4 Å². The molecule has 90 valence electrons. The predicted octanol–water partition coefficient (Wildman–Crippen LogP) is 2.27. The van der Waals surface area contributed by atoms with E-state index in [0.29, 0.717) is 0 Å². The van der Waals surface area contributed by atoms with Crippen LogP contribution in [0, 0.1) is 6.92 Å². The Morgan fingerprint density at radius 2 is 2.41 bits per heavy atom. The van der Waals surface area contributed by atoms with E-state index in [-0.39, 0.29) is 0 Å². The van der Waals surface area contributed by atoms with Gasteiger partial charge in [-0.25, -0.2) is 4.98 Å². The van der Waals surface area contributed by atoms with E-state index in [0.717, 1.165) is 42.0 Å². The van der Waals surface area contributed by atoms with Crippen LogP contribution >= 0.6 is 0 Å². The molecule has 1 fully saturated rings. The first-order chi connectivity index (χ1) is 8.33. The highest BCUT2D eigenvalue weighted by molar-refractivity contribution is 5.55. The van der Waals surface area contributed by atoms with Crippen molar-refractivity contribution < 1.29 is 4.42 Å². The molecule has 2 aromatic heterocycles. The van der Waals surface area contributed by atoms with Crippen LogP contribution in [-0.4, -0.2) is 22.6 Å². The lowest BCUT2D eigenvalue weighted by atomic mass is 10.3. The molecule has 2 N–H and O–H groups in total. The molecule has 3 rings (SSSR count). The van der Waals surface area contributed by atoms with Gasteiger partial charge in [0.05, 0.1) is 6.26 Å². The van der Waals surface area contributed by atoms with Crippen molar-refractivity contribution in [3.05, 3.63) is 29.9 Å². The zero-order valence-corrected chi connectivity index (χ0v) is 9.99. The largest absolute Gasteiger partial charge is 0.463 e. The monoisotopic (exact) mass is 231 g/mol. The molecule has 1 aliphatic rings. The summed E-state index contributed by atoms with van der Waals surface area (Å²) in [5, 5.41) is 3.49. The fourth-order valence-corrected chi connectivity index (χ4v) is 1.98. The van der Waals surface area contributed by atoms with Gasteiger partial charge in [0, 0.05) is 24.7 Å². The summed E-state index contributed by atoms with van der Waals surface area (Å²) in [6, 6.07) is 4.59. The van der Waals surface area contributed by atoms with Crippen molar-refractivity contribution in [1.82, 2.24) is 15.3 Å². The lowest BCUT2D eigenvalue weighted by Crippen LogP contribution is -2.19. The smallest absolute Gasteiger partial charge is 0.154 e. The Kier molecular flexibility index (Phi) is 2.73. The zero-order chi connectivity index (χ0) is 11.7. The molecular formula is C13H17N3O. The minimum absolute atomic E-state index is 0.760. The molecule has 0 amide bonds. The van der Waals surface area contributed by atoms with Gasteiger partial charge in [-0.05, 0) is 31.9 Å². The molecule has 0 aromatic carbocycles. The summed E-state index contributed by atoms with van der Waals surface area (Å²) in [4.78, 5) is 7.90. The van der Waals surface area contributed by atoms with Gasteiger partial charge in [0.1, 0.15) is 11.5 Å². The summed E-state index contributed by atoms with van der Waals surface area (Å²) in [7, 11) is 0. The summed E-state index contributed by atoms with van der Waals surface area (Å²) in [6.45, 7) is 3.03. The third-order valence-electron chi connectivity index (χ3n) is 3.06. The molecular weight excluding hydrogens is 214 g/mol. The third-order valence-corrected chi connectivity index (χ3v) is 3.06. The Labute approximate surface area is 100 Å². The van der Waals surface area contributed by atoms with Crippen LogP contribution in [-0.2, 0) is 6.42 Å². The van der Waals surface area contributed by atoms with Gasteiger partial charge in [0.2, 0.25) is 0 Å². The highest BCUT2D eigenvalue weighted by atomic mass is 16.3. The van der Waals surface area contributed by atoms with Crippen molar-refractivity contribution in [2.24, 2.45) is 0 Å². The number of hydrogen-bond acceptors (Lipinski definition) is 3. The van der Waals surface area contributed by atoms with Crippen LogP contribution in [0.3, 0.4) is 0 Å². The lowest BCUT2D eigenvalue weighted by Gasteiger charge is -1.98. The second kappa shape index (κ2) is 4.37. The summed E-state index contributed by atoms with van der Waals surface area (Å²) >= 11 is 0. The van der Waals surface area contributed by atoms with Gasteiger partial charge < -0.3 is 14.7 Å². The molecule has 0 radical (unpaired) electrons. The van der Waals surface area contributed by atoms with Gasteiger partial charge in [0.15, 0.2) is 5.76 Å². The van der Waals surface area contributed by atoms with Crippen molar-refractivity contribution in [2.75, 3.05) is 6.54 Å². The maximum Gasteiger partial charge on any atom is 0.154 e. The standard InChI is InChI=1S/C13H17N3O/c1-9-13(11-3-2-8-17-11)16-12(15-9)6-7-14-10-4-5-10/h2-3,8,10,14H,4-7H2,1H3,(H,15,16). The van der Waals surface area contributed by atoms with Crippen molar-refractivity contribution in [3.8, 4) is 11.5 Å². The van der Waals surface area contributed by atoms with E-state index in [4.69, 9.17) is 4.42 Å². The first kappa shape index (κ1) is 10.6. The molecule has 0 unspecified atom stereocenters. The van der Waals surface area contributed by atoms with Gasteiger partial charge in [-0.15, -0.1) is 0 Å². The number of nitrogens with one attached hydrogen (secondary N) is 2. The van der Waals surface area contributed by atoms with E-state index in [1.807, 2.05) is 19.1 Å². The van der Waals surface area contributed by atoms with Crippen LogP contribution in [0.25, 0.3) is 11.5 Å². The Bertz CT molecular complexity index is 483. The minimum atomic E-state index is 0.760. The van der Waals surface area contributed by atoms with Gasteiger partial charge in [-0.3, -0.25) is 0 Å². The van der Waals surface area contributed by atoms with Gasteiger partial charge >= 0.3 is 0 Å². The first-order valence-electron chi connectivity index (χ1n) is 6.15. The van der Waals surface area contributed by atoms with Crippen LogP contribution in [0.2, 0.25) is 0 Å². The number of aromatic amines is 1. The number of rotatable bonds is 5. The zero-order valence-electron chi connectivity index (χ0n) is 9.99. The van der Waals surface area contributed by atoms with Crippen LogP contribution in [0.4, 0.5) is 0 Å². The predicted molar refractivity (Wildman–Crippen MR) is 65.8 cm³/mol. The Balaban J connectivity index is 1.67. The van der Waals surface area contributed by atoms with Crippen molar-refractivity contribution in [1.29, 1.82) is 0 Å². The van der Waals surface area contributed by atoms with E-state index in [9.17, 15) is 0 Å². The number of aryl methyl sites for hydroxylation is 1. The Morgan fingerprint density at radius 3 is 3.12 bits per heavy atom. The summed E-state index contributed by atoms with van der Waals surface area (Å²) in [6.07, 6.45) is 5.28. The van der Waals surface area contributed by atoms with E-state index in [1.165, 1.54) is 12.8 Å². The second-order valence-corrected chi connectivity index (χ2v) is 4.61. The SMILES string of the molecule is Cc1[nH]c(CCNC2CC2)nc1-c1ccco1. The maximum absolute atomic E-state index is 5.37. The molecule has 0 saturated heterocycles. The molecule has 2 aromatic rings. The van der Waals surface area contributed by atoms with Gasteiger partial charge in [0.25, 0.3) is 0 Å². The molecule has 0 atom stereocenters. The number of imidazole rings is 1. The molecule has 2 heterocycles. The highest BCUT2D eigenvalue weighted by Crippen LogP contribution is 2.22. The number of H-pyrrole nitrogens is 1. The van der Waals surface area contributed by atoms with Crippen molar-refractivity contribution >= 4 is 0 Å². The van der Waals surface area contributed by atoms with Crippen LogP contribution in [0.15, 0.2) is 22.8 Å². The van der Waals surface area contributed by atoms with E-state index in [1.54, 1.807) is 6.26 Å². The van der Waals surface area contributed by atoms with Crippen molar-refractivity contribution in [3.63, 3.8) is 0 Å². The average Bonchev–Trinajstić information content (AvgIpc) is 2.85. The maximum atomic E-state index is 5.37. The number of aromatic nitrogens is 2. The number of furan rings is 1. The lowest BCUT2D eigenvalue weighted by molar-refractivity contribution is 0.579. The molecule has 0 spiro atoms. The average molecular weight is 231 g/mol. The van der Waals surface area contributed by atoms with Crippen molar-refractivity contribution in [2.45, 2.75) is 32.2 Å². The quantitative estimate of drug-likeness (QED) is 0.830. The topological polar surface area (TPSA) is 53.9 Å². The summed E-state index contributed by atoms with van der Waals surface area (Å²) < 4.78 is 5.37. The molecule has 1 aliphatic carbocycles. The second-order valence-electron chi connectivity index (χ2n) is 4.61. The van der Waals surface area contributed by atoms with Gasteiger partial charge in [-0.1, -0.05) is 0 Å². The molecule has 4 heteroatoms. The van der Waals surface area contributed by atoms with E-state index in [2.05, 4.69) is 15.3 Å². The fraction of sp³-hybridized carbons (Fsp3) is 0.462. The van der Waals surface area contributed by atoms with Crippen LogP contribution in [0.5, 0.6) is 0 Å². The Hall–Kier alpha value is -1.55. The molecule has 1 saturated carbocycles. The number of hydrogen-bond donors (Lipinski definition) is 2. The molecule has 17 heavy (non-hydrogen) atoms. The normalized spacial score (nSPS) is 15.4. The first-order valence-corrected chi connectivity index (χ1v) is 6.15. The van der Waals surface area contributed by atoms with Crippen LogP contribution < -0.4 is 5.32 Å². The summed E-state index contributed by atoms with van der Waals surface area (Å²) in [5.41, 5.74) is 2.00. The number of nitrogens with zero attached hydrogens (tertiary/aromatic N) is 1. The van der Waals surface area contributed by atoms with Gasteiger partial charge in [-0.2, -0.15) is 0 Å². The molecule has 4 nitrogen and oxygen atoms in total. The van der Waals surface area contributed by atoms with E-state index < -0.39 is 0 Å².